The summed E-state index contributed by atoms with van der Waals surface area (Å²) in [6, 6.07) is 12.7. The molecule has 1 heterocycles. The molecule has 1 N–H and O–H groups in total. The lowest BCUT2D eigenvalue weighted by molar-refractivity contribution is -0.123. The molecule has 5 nitrogen and oxygen atoms in total. The zero-order valence-corrected chi connectivity index (χ0v) is 13.7. The Morgan fingerprint density at radius 1 is 1.16 bits per heavy atom. The minimum atomic E-state index is -1.07. The topological polar surface area (TPSA) is 68.5 Å². The van der Waals surface area contributed by atoms with Crippen LogP contribution in [0.1, 0.15) is 23.0 Å². The number of furan rings is 1. The van der Waals surface area contributed by atoms with Crippen molar-refractivity contribution in [3.63, 3.8) is 0 Å². The molecule has 0 unspecified atom stereocenters. The molecule has 0 bridgehead atoms. The SMILES string of the molecule is Cc1c(C(=O)O[C@H](C)C(=O)Nc2cccc(F)c2)oc2ccccc12. The predicted molar refractivity (Wildman–Crippen MR) is 90.9 cm³/mol. The number of esters is 1. The number of fused-ring (bicyclic) bond motifs is 1. The third-order valence-electron chi connectivity index (χ3n) is 3.77. The monoisotopic (exact) mass is 341 g/mol. The molecule has 25 heavy (non-hydrogen) atoms. The van der Waals surface area contributed by atoms with E-state index in [0.29, 0.717) is 11.1 Å². The van der Waals surface area contributed by atoms with Crippen LogP contribution in [0.15, 0.2) is 52.9 Å². The number of anilines is 1. The van der Waals surface area contributed by atoms with Gasteiger partial charge < -0.3 is 14.5 Å². The van der Waals surface area contributed by atoms with Gasteiger partial charge in [-0.2, -0.15) is 0 Å². The van der Waals surface area contributed by atoms with Gasteiger partial charge in [0, 0.05) is 16.6 Å². The van der Waals surface area contributed by atoms with E-state index < -0.39 is 23.8 Å². The van der Waals surface area contributed by atoms with Crippen LogP contribution in [0.2, 0.25) is 0 Å². The third kappa shape index (κ3) is 3.52. The van der Waals surface area contributed by atoms with Gasteiger partial charge in [-0.3, -0.25) is 4.79 Å². The van der Waals surface area contributed by atoms with Crippen molar-refractivity contribution < 1.29 is 23.1 Å². The fourth-order valence-corrected chi connectivity index (χ4v) is 2.45. The standard InChI is InChI=1S/C19H16FNO4/c1-11-15-8-3-4-9-16(15)25-17(11)19(23)24-12(2)18(22)21-14-7-5-6-13(20)10-14/h3-10,12H,1-2H3,(H,21,22)/t12-/m1/s1. The number of halogens is 1. The van der Waals surface area contributed by atoms with Crippen molar-refractivity contribution in [2.45, 2.75) is 20.0 Å². The van der Waals surface area contributed by atoms with Crippen LogP contribution in [0.4, 0.5) is 10.1 Å². The van der Waals surface area contributed by atoms with Gasteiger partial charge in [0.05, 0.1) is 0 Å². The Morgan fingerprint density at radius 2 is 1.92 bits per heavy atom. The van der Waals surface area contributed by atoms with E-state index in [2.05, 4.69) is 5.32 Å². The molecule has 3 rings (SSSR count). The van der Waals surface area contributed by atoms with E-state index >= 15 is 0 Å². The first-order valence-corrected chi connectivity index (χ1v) is 7.71. The fraction of sp³-hybridized carbons (Fsp3) is 0.158. The maximum atomic E-state index is 13.1. The van der Waals surface area contributed by atoms with Crippen LogP contribution in [0.3, 0.4) is 0 Å². The number of rotatable bonds is 4. The van der Waals surface area contributed by atoms with Crippen molar-refractivity contribution in [2.75, 3.05) is 5.32 Å². The molecule has 0 aliphatic carbocycles. The van der Waals surface area contributed by atoms with Crippen molar-refractivity contribution in [1.82, 2.24) is 0 Å². The molecule has 2 aromatic carbocycles. The largest absolute Gasteiger partial charge is 0.449 e. The molecule has 1 aromatic heterocycles. The van der Waals surface area contributed by atoms with Gasteiger partial charge in [-0.05, 0) is 38.1 Å². The molecule has 6 heteroatoms. The van der Waals surface area contributed by atoms with E-state index in [1.165, 1.54) is 25.1 Å². The summed E-state index contributed by atoms with van der Waals surface area (Å²) in [7, 11) is 0. The van der Waals surface area contributed by atoms with Gasteiger partial charge in [0.1, 0.15) is 11.4 Å². The van der Waals surface area contributed by atoms with Crippen molar-refractivity contribution >= 4 is 28.5 Å². The van der Waals surface area contributed by atoms with Gasteiger partial charge in [0.2, 0.25) is 5.76 Å². The minimum Gasteiger partial charge on any atom is -0.449 e. The van der Waals surface area contributed by atoms with Crippen LogP contribution in [0.5, 0.6) is 0 Å². The number of aryl methyl sites for hydroxylation is 1. The Morgan fingerprint density at radius 3 is 2.64 bits per heavy atom. The van der Waals surface area contributed by atoms with Crippen LogP contribution in [-0.4, -0.2) is 18.0 Å². The number of nitrogens with one attached hydrogen (secondary N) is 1. The third-order valence-corrected chi connectivity index (χ3v) is 3.77. The van der Waals surface area contributed by atoms with Gasteiger partial charge in [0.25, 0.3) is 5.91 Å². The number of para-hydroxylation sites is 1. The summed E-state index contributed by atoms with van der Waals surface area (Å²) in [4.78, 5) is 24.4. The van der Waals surface area contributed by atoms with Gasteiger partial charge in [0.15, 0.2) is 6.10 Å². The highest BCUT2D eigenvalue weighted by Gasteiger charge is 2.24. The summed E-state index contributed by atoms with van der Waals surface area (Å²) in [6.45, 7) is 3.18. The van der Waals surface area contributed by atoms with Crippen LogP contribution < -0.4 is 5.32 Å². The predicted octanol–water partition coefficient (Wildman–Crippen LogP) is 4.06. The Balaban J connectivity index is 1.71. The molecular formula is C19H16FNO4. The maximum absolute atomic E-state index is 13.1. The van der Waals surface area contributed by atoms with Crippen molar-refractivity contribution in [2.24, 2.45) is 0 Å². The number of carbonyl (C=O) groups is 2. The first-order chi connectivity index (χ1) is 12.0. The van der Waals surface area contributed by atoms with Gasteiger partial charge in [-0.1, -0.05) is 24.3 Å². The summed E-state index contributed by atoms with van der Waals surface area (Å²) >= 11 is 0. The molecule has 0 spiro atoms. The highest BCUT2D eigenvalue weighted by molar-refractivity contribution is 5.99. The van der Waals surface area contributed by atoms with Gasteiger partial charge in [-0.25, -0.2) is 9.18 Å². The first kappa shape index (κ1) is 16.7. The maximum Gasteiger partial charge on any atom is 0.375 e. The molecule has 128 valence electrons. The molecule has 0 aliphatic rings. The highest BCUT2D eigenvalue weighted by atomic mass is 19.1. The van der Waals surface area contributed by atoms with Crippen LogP contribution >= 0.6 is 0 Å². The Labute approximate surface area is 143 Å². The molecule has 0 saturated carbocycles. The quantitative estimate of drug-likeness (QED) is 0.727. The average Bonchev–Trinajstić information content (AvgIpc) is 2.92. The Hall–Kier alpha value is -3.15. The second-order valence-corrected chi connectivity index (χ2v) is 5.60. The molecule has 1 amide bonds. The normalized spacial score (nSPS) is 12.0. The summed E-state index contributed by atoms with van der Waals surface area (Å²) in [6.07, 6.45) is -1.07. The van der Waals surface area contributed by atoms with E-state index in [1.54, 1.807) is 25.1 Å². The second-order valence-electron chi connectivity index (χ2n) is 5.60. The van der Waals surface area contributed by atoms with E-state index in [-0.39, 0.29) is 11.4 Å². The van der Waals surface area contributed by atoms with Crippen LogP contribution in [0.25, 0.3) is 11.0 Å². The number of ether oxygens (including phenoxy) is 1. The number of benzene rings is 2. The molecule has 0 radical (unpaired) electrons. The Kier molecular flexibility index (Phi) is 4.52. The molecular weight excluding hydrogens is 325 g/mol. The van der Waals surface area contributed by atoms with Crippen LogP contribution in [0, 0.1) is 12.7 Å². The second kappa shape index (κ2) is 6.76. The van der Waals surface area contributed by atoms with E-state index in [0.717, 1.165) is 5.39 Å². The lowest BCUT2D eigenvalue weighted by Crippen LogP contribution is -2.30. The van der Waals surface area contributed by atoms with E-state index in [9.17, 15) is 14.0 Å². The summed E-state index contributed by atoms with van der Waals surface area (Å²) < 4.78 is 23.8. The molecule has 0 aliphatic heterocycles. The zero-order chi connectivity index (χ0) is 18.0. The number of amides is 1. The lowest BCUT2D eigenvalue weighted by atomic mass is 10.1. The van der Waals surface area contributed by atoms with Crippen LogP contribution in [-0.2, 0) is 9.53 Å². The fourth-order valence-electron chi connectivity index (χ4n) is 2.45. The van der Waals surface area contributed by atoms with Crippen molar-refractivity contribution in [1.29, 1.82) is 0 Å². The number of hydrogen-bond donors (Lipinski definition) is 1. The number of hydrogen-bond acceptors (Lipinski definition) is 4. The first-order valence-electron chi connectivity index (χ1n) is 7.71. The summed E-state index contributed by atoms with van der Waals surface area (Å²) in [5.41, 5.74) is 1.51. The molecule has 3 aromatic rings. The zero-order valence-electron chi connectivity index (χ0n) is 13.7. The Bertz CT molecular complexity index is 948. The smallest absolute Gasteiger partial charge is 0.375 e. The minimum absolute atomic E-state index is 0.0617. The van der Waals surface area contributed by atoms with E-state index in [4.69, 9.17) is 9.15 Å². The van der Waals surface area contributed by atoms with Crippen molar-refractivity contribution in [3.05, 3.63) is 65.7 Å². The average molecular weight is 341 g/mol. The lowest BCUT2D eigenvalue weighted by Gasteiger charge is -2.13. The van der Waals surface area contributed by atoms with Crippen molar-refractivity contribution in [3.8, 4) is 0 Å². The summed E-state index contributed by atoms with van der Waals surface area (Å²) in [5, 5.41) is 3.31. The number of carbonyl (C=O) groups excluding carboxylic acids is 2. The molecule has 0 saturated heterocycles. The summed E-state index contributed by atoms with van der Waals surface area (Å²) in [5.74, 6) is -1.70. The highest BCUT2D eigenvalue weighted by Crippen LogP contribution is 2.25. The van der Waals surface area contributed by atoms with Gasteiger partial charge >= 0.3 is 5.97 Å². The molecule has 0 fully saturated rings. The van der Waals surface area contributed by atoms with Gasteiger partial charge in [-0.15, -0.1) is 0 Å². The van der Waals surface area contributed by atoms with E-state index in [1.807, 2.05) is 12.1 Å². The molecule has 1 atom stereocenters.